The molecular formula is C13H28N2O. The highest BCUT2D eigenvalue weighted by atomic mass is 16.5. The summed E-state index contributed by atoms with van der Waals surface area (Å²) in [7, 11) is 1.77. The van der Waals surface area contributed by atoms with E-state index in [0.717, 1.165) is 24.9 Å². The van der Waals surface area contributed by atoms with E-state index in [1.807, 2.05) is 0 Å². The fraction of sp³-hybridized carbons (Fsp3) is 1.00. The molecule has 0 bridgehead atoms. The Labute approximate surface area is 100 Å². The molecule has 0 aromatic heterocycles. The summed E-state index contributed by atoms with van der Waals surface area (Å²) >= 11 is 0. The second-order valence-corrected chi connectivity index (χ2v) is 5.60. The molecule has 0 aromatic carbocycles. The van der Waals surface area contributed by atoms with E-state index < -0.39 is 0 Å². The maximum absolute atomic E-state index is 5.70. The molecule has 16 heavy (non-hydrogen) atoms. The van der Waals surface area contributed by atoms with Crippen molar-refractivity contribution in [1.82, 2.24) is 5.43 Å². The van der Waals surface area contributed by atoms with Gasteiger partial charge in [-0.2, -0.15) is 0 Å². The molecule has 4 unspecified atom stereocenters. The van der Waals surface area contributed by atoms with Gasteiger partial charge in [-0.3, -0.25) is 11.3 Å². The SMILES string of the molecule is COCC(C)CC(NN)C1CCCC(C)C1. The van der Waals surface area contributed by atoms with Gasteiger partial charge in [0.25, 0.3) is 0 Å². The lowest BCUT2D eigenvalue weighted by Gasteiger charge is -2.34. The molecule has 1 aliphatic rings. The van der Waals surface area contributed by atoms with Gasteiger partial charge in [-0.1, -0.05) is 26.7 Å². The predicted octanol–water partition coefficient (Wildman–Crippen LogP) is 2.32. The van der Waals surface area contributed by atoms with E-state index in [-0.39, 0.29) is 0 Å². The first kappa shape index (κ1) is 13.9. The van der Waals surface area contributed by atoms with Gasteiger partial charge in [-0.25, -0.2) is 0 Å². The third kappa shape index (κ3) is 4.40. The Morgan fingerprint density at radius 1 is 1.44 bits per heavy atom. The summed E-state index contributed by atoms with van der Waals surface area (Å²) in [5.41, 5.74) is 3.03. The van der Waals surface area contributed by atoms with Gasteiger partial charge < -0.3 is 4.74 Å². The van der Waals surface area contributed by atoms with Crippen LogP contribution in [0.5, 0.6) is 0 Å². The number of hydrazine groups is 1. The molecular weight excluding hydrogens is 200 g/mol. The number of hydrogen-bond acceptors (Lipinski definition) is 3. The second kappa shape index (κ2) is 7.25. The van der Waals surface area contributed by atoms with Gasteiger partial charge in [0.05, 0.1) is 0 Å². The van der Waals surface area contributed by atoms with Crippen LogP contribution in [0.4, 0.5) is 0 Å². The van der Waals surface area contributed by atoms with E-state index in [2.05, 4.69) is 19.3 Å². The summed E-state index contributed by atoms with van der Waals surface area (Å²) in [5.74, 6) is 7.91. The van der Waals surface area contributed by atoms with Crippen LogP contribution in [-0.2, 0) is 4.74 Å². The maximum Gasteiger partial charge on any atom is 0.0488 e. The monoisotopic (exact) mass is 228 g/mol. The molecule has 0 radical (unpaired) electrons. The van der Waals surface area contributed by atoms with Crippen molar-refractivity contribution in [2.24, 2.45) is 23.6 Å². The number of rotatable bonds is 6. The first-order valence-corrected chi connectivity index (χ1v) is 6.62. The summed E-state index contributed by atoms with van der Waals surface area (Å²) < 4.78 is 5.19. The van der Waals surface area contributed by atoms with Gasteiger partial charge in [-0.05, 0) is 37.0 Å². The number of methoxy groups -OCH3 is 1. The van der Waals surface area contributed by atoms with Crippen molar-refractivity contribution < 1.29 is 4.74 Å². The zero-order valence-electron chi connectivity index (χ0n) is 11.0. The van der Waals surface area contributed by atoms with E-state index in [0.29, 0.717) is 12.0 Å². The molecule has 3 N–H and O–H groups in total. The van der Waals surface area contributed by atoms with E-state index in [1.165, 1.54) is 25.7 Å². The van der Waals surface area contributed by atoms with Crippen molar-refractivity contribution in [2.45, 2.75) is 52.0 Å². The van der Waals surface area contributed by atoms with E-state index in [9.17, 15) is 0 Å². The van der Waals surface area contributed by atoms with Crippen LogP contribution in [0.25, 0.3) is 0 Å². The molecule has 0 saturated heterocycles. The fourth-order valence-electron chi connectivity index (χ4n) is 3.03. The van der Waals surface area contributed by atoms with Crippen LogP contribution in [0.15, 0.2) is 0 Å². The summed E-state index contributed by atoms with van der Waals surface area (Å²) in [6.07, 6.45) is 6.54. The summed E-state index contributed by atoms with van der Waals surface area (Å²) in [4.78, 5) is 0. The molecule has 0 spiro atoms. The largest absolute Gasteiger partial charge is 0.384 e. The van der Waals surface area contributed by atoms with E-state index in [4.69, 9.17) is 10.6 Å². The number of ether oxygens (including phenoxy) is 1. The minimum absolute atomic E-state index is 0.466. The molecule has 0 heterocycles. The highest BCUT2D eigenvalue weighted by molar-refractivity contribution is 4.81. The first-order chi connectivity index (χ1) is 7.67. The Morgan fingerprint density at radius 2 is 2.19 bits per heavy atom. The van der Waals surface area contributed by atoms with Crippen LogP contribution >= 0.6 is 0 Å². The maximum atomic E-state index is 5.70. The minimum atomic E-state index is 0.466. The highest BCUT2D eigenvalue weighted by Gasteiger charge is 2.26. The summed E-state index contributed by atoms with van der Waals surface area (Å²) in [5, 5.41) is 0. The fourth-order valence-corrected chi connectivity index (χ4v) is 3.03. The standard InChI is InChI=1S/C13H28N2O/c1-10-5-4-6-12(7-10)13(15-14)8-11(2)9-16-3/h10-13,15H,4-9,14H2,1-3H3. The Bertz CT molecular complexity index is 187. The quantitative estimate of drug-likeness (QED) is 0.542. The highest BCUT2D eigenvalue weighted by Crippen LogP contribution is 2.32. The summed E-state index contributed by atoms with van der Waals surface area (Å²) in [6.45, 7) is 5.43. The Kier molecular flexibility index (Phi) is 6.32. The van der Waals surface area contributed by atoms with E-state index in [1.54, 1.807) is 7.11 Å². The molecule has 0 aromatic rings. The van der Waals surface area contributed by atoms with E-state index >= 15 is 0 Å². The molecule has 4 atom stereocenters. The average molecular weight is 228 g/mol. The smallest absolute Gasteiger partial charge is 0.0488 e. The van der Waals surface area contributed by atoms with Gasteiger partial charge in [-0.15, -0.1) is 0 Å². The van der Waals surface area contributed by atoms with Gasteiger partial charge in [0, 0.05) is 19.8 Å². The topological polar surface area (TPSA) is 47.3 Å². The van der Waals surface area contributed by atoms with Gasteiger partial charge in [0.15, 0.2) is 0 Å². The minimum Gasteiger partial charge on any atom is -0.384 e. The van der Waals surface area contributed by atoms with Crippen molar-refractivity contribution in [2.75, 3.05) is 13.7 Å². The lowest BCUT2D eigenvalue weighted by atomic mass is 9.77. The lowest BCUT2D eigenvalue weighted by molar-refractivity contribution is 0.132. The van der Waals surface area contributed by atoms with Crippen molar-refractivity contribution in [3.63, 3.8) is 0 Å². The predicted molar refractivity (Wildman–Crippen MR) is 67.9 cm³/mol. The van der Waals surface area contributed by atoms with Crippen LogP contribution in [-0.4, -0.2) is 19.8 Å². The van der Waals surface area contributed by atoms with Gasteiger partial charge >= 0.3 is 0 Å². The number of hydrogen-bond donors (Lipinski definition) is 2. The number of nitrogens with one attached hydrogen (secondary N) is 1. The molecule has 1 saturated carbocycles. The van der Waals surface area contributed by atoms with Crippen LogP contribution in [0.1, 0.15) is 46.0 Å². The van der Waals surface area contributed by atoms with Crippen LogP contribution in [0.3, 0.4) is 0 Å². The van der Waals surface area contributed by atoms with Crippen LogP contribution in [0.2, 0.25) is 0 Å². The summed E-state index contributed by atoms with van der Waals surface area (Å²) in [6, 6.07) is 0.466. The zero-order chi connectivity index (χ0) is 12.0. The molecule has 3 nitrogen and oxygen atoms in total. The second-order valence-electron chi connectivity index (χ2n) is 5.60. The third-order valence-corrected chi connectivity index (χ3v) is 3.87. The molecule has 1 aliphatic carbocycles. The Hall–Kier alpha value is -0.120. The van der Waals surface area contributed by atoms with Crippen molar-refractivity contribution in [1.29, 1.82) is 0 Å². The first-order valence-electron chi connectivity index (χ1n) is 6.62. The van der Waals surface area contributed by atoms with Crippen LogP contribution in [0, 0.1) is 17.8 Å². The van der Waals surface area contributed by atoms with Gasteiger partial charge in [0.2, 0.25) is 0 Å². The Balaban J connectivity index is 2.39. The molecule has 96 valence electrons. The van der Waals surface area contributed by atoms with Crippen molar-refractivity contribution in [3.05, 3.63) is 0 Å². The van der Waals surface area contributed by atoms with Crippen LogP contribution < -0.4 is 11.3 Å². The normalized spacial score (nSPS) is 30.0. The molecule has 0 amide bonds. The average Bonchev–Trinajstić information content (AvgIpc) is 2.26. The molecule has 1 rings (SSSR count). The molecule has 0 aliphatic heterocycles. The Morgan fingerprint density at radius 3 is 2.75 bits per heavy atom. The lowest BCUT2D eigenvalue weighted by Crippen LogP contribution is -2.43. The van der Waals surface area contributed by atoms with Crippen molar-refractivity contribution in [3.8, 4) is 0 Å². The molecule has 1 fully saturated rings. The zero-order valence-corrected chi connectivity index (χ0v) is 11.0. The number of nitrogens with two attached hydrogens (primary N) is 1. The van der Waals surface area contributed by atoms with Crippen molar-refractivity contribution >= 4 is 0 Å². The molecule has 3 heteroatoms. The van der Waals surface area contributed by atoms with Gasteiger partial charge in [0.1, 0.15) is 0 Å². The third-order valence-electron chi connectivity index (χ3n) is 3.87.